The number of rotatable bonds is 2. The number of fused-ring (bicyclic) bond motifs is 1. The third kappa shape index (κ3) is 1.20. The van der Waals surface area contributed by atoms with Crippen LogP contribution in [0.1, 0.15) is 17.0 Å². The summed E-state index contributed by atoms with van der Waals surface area (Å²) in [6.07, 6.45) is 4.03. The van der Waals surface area contributed by atoms with Crippen molar-refractivity contribution in [2.45, 2.75) is 5.92 Å². The average molecular weight is 172 g/mol. The predicted molar refractivity (Wildman–Crippen MR) is 49.3 cm³/mol. The van der Waals surface area contributed by atoms with Crippen molar-refractivity contribution in [3.05, 3.63) is 41.5 Å². The van der Waals surface area contributed by atoms with Crippen molar-refractivity contribution in [3.8, 4) is 0 Å². The monoisotopic (exact) mass is 172 g/mol. The van der Waals surface area contributed by atoms with Crippen LogP contribution in [0.15, 0.2) is 30.3 Å². The van der Waals surface area contributed by atoms with E-state index in [2.05, 4.69) is 0 Å². The van der Waals surface area contributed by atoms with E-state index in [1.807, 2.05) is 30.3 Å². The van der Waals surface area contributed by atoms with Crippen molar-refractivity contribution in [3.63, 3.8) is 0 Å². The number of carbonyl (C=O) groups is 2. The van der Waals surface area contributed by atoms with Crippen LogP contribution in [0.2, 0.25) is 0 Å². The van der Waals surface area contributed by atoms with Gasteiger partial charge in [-0.05, 0) is 11.1 Å². The van der Waals surface area contributed by atoms with Gasteiger partial charge >= 0.3 is 0 Å². The maximum Gasteiger partial charge on any atom is 0.206 e. The molecule has 1 atom stereocenters. The summed E-state index contributed by atoms with van der Waals surface area (Å²) in [6.45, 7) is 0. The van der Waals surface area contributed by atoms with E-state index in [1.54, 1.807) is 6.08 Å². The molecule has 64 valence electrons. The smallest absolute Gasteiger partial charge is 0.206 e. The molecule has 1 aliphatic carbocycles. The van der Waals surface area contributed by atoms with Gasteiger partial charge in [0.15, 0.2) is 6.29 Å². The Labute approximate surface area is 75.9 Å². The van der Waals surface area contributed by atoms with Crippen LogP contribution in [0, 0.1) is 0 Å². The lowest BCUT2D eigenvalue weighted by molar-refractivity contribution is -0.130. The molecule has 0 saturated carbocycles. The maximum atomic E-state index is 11.2. The molecule has 2 rings (SSSR count). The Morgan fingerprint density at radius 1 is 1.31 bits per heavy atom. The van der Waals surface area contributed by atoms with Crippen molar-refractivity contribution in [1.29, 1.82) is 0 Å². The lowest BCUT2D eigenvalue weighted by Crippen LogP contribution is -2.09. The van der Waals surface area contributed by atoms with Gasteiger partial charge in [-0.25, -0.2) is 0 Å². The third-order valence-corrected chi connectivity index (χ3v) is 2.22. The fraction of sp³-hybridized carbons (Fsp3) is 0.0909. The molecular formula is C11H8O2. The van der Waals surface area contributed by atoms with E-state index in [9.17, 15) is 9.59 Å². The molecule has 1 aromatic carbocycles. The number of carbonyl (C=O) groups excluding carboxylic acids is 2. The summed E-state index contributed by atoms with van der Waals surface area (Å²) >= 11 is 0. The third-order valence-electron chi connectivity index (χ3n) is 2.22. The SMILES string of the molecule is O=CC(=O)C1C=Cc2ccccc21. The summed E-state index contributed by atoms with van der Waals surface area (Å²) < 4.78 is 0. The molecule has 2 heteroatoms. The largest absolute Gasteiger partial charge is 0.295 e. The first kappa shape index (κ1) is 7.92. The van der Waals surface area contributed by atoms with Crippen LogP contribution in [-0.2, 0) is 9.59 Å². The molecule has 1 aliphatic rings. The fourth-order valence-electron chi connectivity index (χ4n) is 1.57. The molecule has 2 nitrogen and oxygen atoms in total. The van der Waals surface area contributed by atoms with Crippen LogP contribution < -0.4 is 0 Å². The van der Waals surface area contributed by atoms with Crippen molar-refractivity contribution >= 4 is 18.1 Å². The van der Waals surface area contributed by atoms with Gasteiger partial charge in [0.1, 0.15) is 0 Å². The van der Waals surface area contributed by atoms with Gasteiger partial charge in [0.2, 0.25) is 5.78 Å². The van der Waals surface area contributed by atoms with Gasteiger partial charge in [-0.1, -0.05) is 36.4 Å². The van der Waals surface area contributed by atoms with Gasteiger partial charge in [0.25, 0.3) is 0 Å². The molecule has 0 heterocycles. The Morgan fingerprint density at radius 3 is 2.85 bits per heavy atom. The normalized spacial score (nSPS) is 18.3. The Hall–Kier alpha value is -1.70. The van der Waals surface area contributed by atoms with Crippen LogP contribution in [0.4, 0.5) is 0 Å². The summed E-state index contributed by atoms with van der Waals surface area (Å²) in [7, 11) is 0. The van der Waals surface area contributed by atoms with Gasteiger partial charge in [-0.2, -0.15) is 0 Å². The van der Waals surface area contributed by atoms with Crippen molar-refractivity contribution in [2.75, 3.05) is 0 Å². The summed E-state index contributed by atoms with van der Waals surface area (Å²) in [5.74, 6) is -0.727. The zero-order valence-corrected chi connectivity index (χ0v) is 6.94. The number of benzene rings is 1. The van der Waals surface area contributed by atoms with E-state index >= 15 is 0 Å². The zero-order chi connectivity index (χ0) is 9.26. The van der Waals surface area contributed by atoms with E-state index < -0.39 is 0 Å². The second kappa shape index (κ2) is 2.98. The molecule has 0 spiro atoms. The Bertz CT molecular complexity index is 391. The number of hydrogen-bond acceptors (Lipinski definition) is 2. The highest BCUT2D eigenvalue weighted by atomic mass is 16.2. The van der Waals surface area contributed by atoms with Crippen LogP contribution in [0.25, 0.3) is 6.08 Å². The van der Waals surface area contributed by atoms with Crippen LogP contribution in [0.3, 0.4) is 0 Å². The quantitative estimate of drug-likeness (QED) is 0.501. The highest BCUT2D eigenvalue weighted by molar-refractivity contribution is 6.28. The summed E-state index contributed by atoms with van der Waals surface area (Å²) in [5, 5.41) is 0. The molecule has 0 amide bonds. The lowest BCUT2D eigenvalue weighted by atomic mass is 9.97. The molecule has 1 unspecified atom stereocenters. The second-order valence-electron chi connectivity index (χ2n) is 2.99. The number of aldehydes is 1. The van der Waals surface area contributed by atoms with Crippen LogP contribution in [-0.4, -0.2) is 12.1 Å². The molecule has 0 N–H and O–H groups in total. The molecule has 13 heavy (non-hydrogen) atoms. The zero-order valence-electron chi connectivity index (χ0n) is 6.94. The van der Waals surface area contributed by atoms with Crippen LogP contribution >= 0.6 is 0 Å². The average Bonchev–Trinajstić information content (AvgIpc) is 2.60. The number of allylic oxidation sites excluding steroid dienone is 1. The van der Waals surface area contributed by atoms with Gasteiger partial charge in [0, 0.05) is 0 Å². The lowest BCUT2D eigenvalue weighted by Gasteiger charge is -2.04. The molecule has 0 aromatic heterocycles. The second-order valence-corrected chi connectivity index (χ2v) is 2.99. The first-order valence-electron chi connectivity index (χ1n) is 4.09. The highest BCUT2D eigenvalue weighted by Gasteiger charge is 2.22. The first-order valence-corrected chi connectivity index (χ1v) is 4.09. The molecule has 0 aliphatic heterocycles. The topological polar surface area (TPSA) is 34.1 Å². The Morgan fingerprint density at radius 2 is 2.08 bits per heavy atom. The Balaban J connectivity index is 2.44. The van der Waals surface area contributed by atoms with Gasteiger partial charge in [0.05, 0.1) is 5.92 Å². The summed E-state index contributed by atoms with van der Waals surface area (Å²) in [4.78, 5) is 21.5. The van der Waals surface area contributed by atoms with Gasteiger partial charge < -0.3 is 0 Å². The number of Topliss-reactive ketones (excluding diaryl/α,β-unsaturated/α-hetero) is 1. The minimum Gasteiger partial charge on any atom is -0.295 e. The fourth-order valence-corrected chi connectivity index (χ4v) is 1.57. The van der Waals surface area contributed by atoms with Gasteiger partial charge in [-0.15, -0.1) is 0 Å². The number of ketones is 1. The summed E-state index contributed by atoms with van der Waals surface area (Å²) in [5.41, 5.74) is 1.96. The maximum absolute atomic E-state index is 11.2. The molecule has 0 radical (unpaired) electrons. The minimum absolute atomic E-state index is 0.353. The van der Waals surface area contributed by atoms with E-state index in [0.29, 0.717) is 6.29 Å². The van der Waals surface area contributed by atoms with Crippen molar-refractivity contribution in [1.82, 2.24) is 0 Å². The highest BCUT2D eigenvalue weighted by Crippen LogP contribution is 2.29. The Kier molecular flexibility index (Phi) is 1.81. The molecular weight excluding hydrogens is 164 g/mol. The van der Waals surface area contributed by atoms with Gasteiger partial charge in [-0.3, -0.25) is 9.59 Å². The van der Waals surface area contributed by atoms with E-state index in [-0.39, 0.29) is 11.7 Å². The number of hydrogen-bond donors (Lipinski definition) is 0. The minimum atomic E-state index is -0.374. The first-order chi connectivity index (χ1) is 6.33. The van der Waals surface area contributed by atoms with Crippen molar-refractivity contribution in [2.24, 2.45) is 0 Å². The summed E-state index contributed by atoms with van der Waals surface area (Å²) in [6, 6.07) is 7.60. The van der Waals surface area contributed by atoms with Crippen molar-refractivity contribution < 1.29 is 9.59 Å². The van der Waals surface area contributed by atoms with E-state index in [1.165, 1.54) is 0 Å². The standard InChI is InChI=1S/C11H8O2/c12-7-11(13)10-6-5-8-3-1-2-4-9(8)10/h1-7,10H. The van der Waals surface area contributed by atoms with E-state index in [0.717, 1.165) is 11.1 Å². The molecule has 1 aromatic rings. The molecule has 0 fully saturated rings. The van der Waals surface area contributed by atoms with Crippen LogP contribution in [0.5, 0.6) is 0 Å². The molecule has 0 saturated heterocycles. The molecule has 0 bridgehead atoms. The predicted octanol–water partition coefficient (Wildman–Crippen LogP) is 1.56. The van der Waals surface area contributed by atoms with E-state index in [4.69, 9.17) is 0 Å².